The number of piperidine rings is 2. The number of fused-ring (bicyclic) bond motifs is 2. The zero-order chi connectivity index (χ0) is 14.8. The summed E-state index contributed by atoms with van der Waals surface area (Å²) in [6.45, 7) is 8.53. The highest BCUT2D eigenvalue weighted by Crippen LogP contribution is 2.35. The smallest absolute Gasteiger partial charge is 0.0197 e. The molecule has 21 heavy (non-hydrogen) atoms. The van der Waals surface area contributed by atoms with Crippen molar-refractivity contribution in [2.45, 2.75) is 83.0 Å². The van der Waals surface area contributed by atoms with Crippen LogP contribution in [0.5, 0.6) is 0 Å². The van der Waals surface area contributed by atoms with Crippen LogP contribution in [0.1, 0.15) is 58.8 Å². The van der Waals surface area contributed by atoms with Crippen molar-refractivity contribution in [1.82, 2.24) is 15.1 Å². The minimum absolute atomic E-state index is 0.715. The Hall–Kier alpha value is -0.120. The van der Waals surface area contributed by atoms with Gasteiger partial charge in [-0.1, -0.05) is 20.3 Å². The lowest BCUT2D eigenvalue weighted by Crippen LogP contribution is -2.56. The Morgan fingerprint density at radius 3 is 2.43 bits per heavy atom. The van der Waals surface area contributed by atoms with Crippen LogP contribution in [0.15, 0.2) is 0 Å². The van der Waals surface area contributed by atoms with Gasteiger partial charge >= 0.3 is 0 Å². The third-order valence-corrected chi connectivity index (χ3v) is 6.10. The molecule has 3 aliphatic heterocycles. The molecule has 3 unspecified atom stereocenters. The summed E-state index contributed by atoms with van der Waals surface area (Å²) in [6, 6.07) is 3.29. The Kier molecular flexibility index (Phi) is 5.23. The summed E-state index contributed by atoms with van der Waals surface area (Å²) in [5, 5.41) is 3.79. The van der Waals surface area contributed by atoms with Gasteiger partial charge in [-0.2, -0.15) is 0 Å². The summed E-state index contributed by atoms with van der Waals surface area (Å²) in [7, 11) is 2.37. The molecule has 1 N–H and O–H groups in total. The average Bonchev–Trinajstić information content (AvgIpc) is 2.63. The fourth-order valence-corrected chi connectivity index (χ4v) is 4.97. The van der Waals surface area contributed by atoms with Gasteiger partial charge in [-0.05, 0) is 64.6 Å². The van der Waals surface area contributed by atoms with Crippen molar-refractivity contribution in [2.24, 2.45) is 5.92 Å². The predicted octanol–water partition coefficient (Wildman–Crippen LogP) is 2.71. The fourth-order valence-electron chi connectivity index (χ4n) is 4.97. The van der Waals surface area contributed by atoms with Gasteiger partial charge in [0.15, 0.2) is 0 Å². The molecule has 0 aromatic carbocycles. The number of hydrogen-bond acceptors (Lipinski definition) is 3. The normalized spacial score (nSPS) is 39.4. The lowest BCUT2D eigenvalue weighted by atomic mass is 9.81. The zero-order valence-corrected chi connectivity index (χ0v) is 14.4. The topological polar surface area (TPSA) is 18.5 Å². The highest BCUT2D eigenvalue weighted by atomic mass is 15.2. The number of nitrogens with one attached hydrogen (secondary N) is 1. The number of nitrogens with zero attached hydrogens (tertiary/aromatic N) is 2. The van der Waals surface area contributed by atoms with Crippen LogP contribution in [0, 0.1) is 5.92 Å². The van der Waals surface area contributed by atoms with E-state index in [0.29, 0.717) is 6.04 Å². The quantitative estimate of drug-likeness (QED) is 0.863. The van der Waals surface area contributed by atoms with Gasteiger partial charge in [0.25, 0.3) is 0 Å². The number of rotatable bonds is 3. The fraction of sp³-hybridized carbons (Fsp3) is 1.00. The molecule has 0 amide bonds. The average molecular weight is 293 g/mol. The van der Waals surface area contributed by atoms with Crippen molar-refractivity contribution in [1.29, 1.82) is 0 Å². The molecule has 3 nitrogen and oxygen atoms in total. The molecule has 0 saturated carbocycles. The molecule has 0 aromatic rings. The predicted molar refractivity (Wildman–Crippen MR) is 89.6 cm³/mol. The molecule has 3 aliphatic rings. The van der Waals surface area contributed by atoms with Crippen LogP contribution in [0.25, 0.3) is 0 Å². The second-order valence-electron chi connectivity index (χ2n) is 8.16. The maximum Gasteiger partial charge on any atom is 0.0197 e. The molecule has 3 heterocycles. The Bertz CT molecular complexity index is 316. The molecule has 3 fully saturated rings. The van der Waals surface area contributed by atoms with E-state index in [1.54, 1.807) is 0 Å². The first-order valence-electron chi connectivity index (χ1n) is 9.33. The largest absolute Gasteiger partial charge is 0.313 e. The van der Waals surface area contributed by atoms with Crippen molar-refractivity contribution in [2.75, 3.05) is 26.7 Å². The minimum Gasteiger partial charge on any atom is -0.313 e. The summed E-state index contributed by atoms with van der Waals surface area (Å²) in [4.78, 5) is 5.55. The van der Waals surface area contributed by atoms with Crippen LogP contribution >= 0.6 is 0 Å². The minimum atomic E-state index is 0.715. The first kappa shape index (κ1) is 15.8. The van der Waals surface area contributed by atoms with Crippen molar-refractivity contribution >= 4 is 0 Å². The first-order chi connectivity index (χ1) is 10.1. The van der Waals surface area contributed by atoms with Crippen molar-refractivity contribution < 1.29 is 0 Å². The lowest BCUT2D eigenvalue weighted by Gasteiger charge is -2.50. The zero-order valence-electron chi connectivity index (χ0n) is 14.4. The van der Waals surface area contributed by atoms with Crippen molar-refractivity contribution in [3.63, 3.8) is 0 Å². The van der Waals surface area contributed by atoms with Crippen LogP contribution in [-0.4, -0.2) is 60.6 Å². The lowest BCUT2D eigenvalue weighted by molar-refractivity contribution is 0.00804. The van der Waals surface area contributed by atoms with Gasteiger partial charge in [-0.15, -0.1) is 0 Å². The number of hydrogen-bond donors (Lipinski definition) is 1. The molecule has 0 aromatic heterocycles. The van der Waals surface area contributed by atoms with Crippen LogP contribution in [0.4, 0.5) is 0 Å². The Labute approximate surface area is 131 Å². The van der Waals surface area contributed by atoms with E-state index in [-0.39, 0.29) is 0 Å². The molecular weight excluding hydrogens is 258 g/mol. The van der Waals surface area contributed by atoms with Crippen LogP contribution < -0.4 is 5.32 Å². The third kappa shape index (κ3) is 3.80. The van der Waals surface area contributed by atoms with Gasteiger partial charge in [0, 0.05) is 30.7 Å². The van der Waals surface area contributed by atoms with E-state index in [1.807, 2.05) is 0 Å². The van der Waals surface area contributed by atoms with Gasteiger partial charge in [0.05, 0.1) is 0 Å². The monoisotopic (exact) mass is 293 g/mol. The van der Waals surface area contributed by atoms with Gasteiger partial charge in [0.1, 0.15) is 0 Å². The van der Waals surface area contributed by atoms with E-state index in [2.05, 4.69) is 36.0 Å². The van der Waals surface area contributed by atoms with E-state index in [0.717, 1.165) is 24.0 Å². The van der Waals surface area contributed by atoms with Gasteiger partial charge in [-0.25, -0.2) is 0 Å². The molecule has 3 atom stereocenters. The summed E-state index contributed by atoms with van der Waals surface area (Å²) < 4.78 is 0. The highest BCUT2D eigenvalue weighted by Gasteiger charge is 2.38. The highest BCUT2D eigenvalue weighted by molar-refractivity contribution is 4.95. The van der Waals surface area contributed by atoms with Gasteiger partial charge in [0.2, 0.25) is 0 Å². The van der Waals surface area contributed by atoms with Crippen molar-refractivity contribution in [3.05, 3.63) is 0 Å². The third-order valence-electron chi connectivity index (χ3n) is 6.10. The van der Waals surface area contributed by atoms with E-state index in [9.17, 15) is 0 Å². The van der Waals surface area contributed by atoms with E-state index in [1.165, 1.54) is 64.6 Å². The molecule has 3 rings (SSSR count). The second kappa shape index (κ2) is 6.97. The maximum atomic E-state index is 3.79. The molecule has 2 bridgehead atoms. The molecule has 122 valence electrons. The van der Waals surface area contributed by atoms with Crippen LogP contribution in [0.3, 0.4) is 0 Å². The molecule has 3 heteroatoms. The van der Waals surface area contributed by atoms with Crippen LogP contribution in [0.2, 0.25) is 0 Å². The Balaban J connectivity index is 1.62. The molecule has 0 aliphatic carbocycles. The summed E-state index contributed by atoms with van der Waals surface area (Å²) >= 11 is 0. The van der Waals surface area contributed by atoms with Gasteiger partial charge in [-0.3, -0.25) is 4.90 Å². The van der Waals surface area contributed by atoms with Crippen molar-refractivity contribution in [3.8, 4) is 0 Å². The summed E-state index contributed by atoms with van der Waals surface area (Å²) in [5.41, 5.74) is 0. The van der Waals surface area contributed by atoms with E-state index >= 15 is 0 Å². The molecular formula is C18H35N3. The summed E-state index contributed by atoms with van der Waals surface area (Å²) in [5.74, 6) is 0.805. The first-order valence-corrected chi connectivity index (χ1v) is 9.33. The Morgan fingerprint density at radius 2 is 1.76 bits per heavy atom. The second-order valence-corrected chi connectivity index (χ2v) is 8.16. The molecule has 0 radical (unpaired) electrons. The van der Waals surface area contributed by atoms with E-state index in [4.69, 9.17) is 0 Å². The standard InChI is InChI=1S/C18H35N3/c1-14(2)10-15-13-21(9-5-8-19-15)18-11-16-6-4-7-17(12-18)20(16)3/h14-19H,4-13H2,1-3H3. The molecule has 0 spiro atoms. The summed E-state index contributed by atoms with van der Waals surface area (Å²) in [6.07, 6.45) is 9.83. The Morgan fingerprint density at radius 1 is 1.05 bits per heavy atom. The molecule has 3 saturated heterocycles. The van der Waals surface area contributed by atoms with Crippen LogP contribution in [-0.2, 0) is 0 Å². The van der Waals surface area contributed by atoms with E-state index < -0.39 is 0 Å². The SMILES string of the molecule is CC(C)CC1CN(C2CC3CCCC(C2)N3C)CCCN1. The van der Waals surface area contributed by atoms with Gasteiger partial charge < -0.3 is 10.2 Å². The maximum absolute atomic E-state index is 3.79.